The second-order valence-electron chi connectivity index (χ2n) is 6.89. The number of benzene rings is 2. The van der Waals surface area contributed by atoms with Crippen LogP contribution in [0.1, 0.15) is 35.3 Å². The van der Waals surface area contributed by atoms with Crippen LogP contribution < -0.4 is 15.4 Å². The monoisotopic (exact) mass is 375 g/mol. The van der Waals surface area contributed by atoms with Gasteiger partial charge in [-0.25, -0.2) is 4.98 Å². The molecule has 0 spiro atoms. The lowest BCUT2D eigenvalue weighted by Crippen LogP contribution is -2.22. The first-order valence-electron chi connectivity index (χ1n) is 9.34. The lowest BCUT2D eigenvalue weighted by molar-refractivity contribution is 0.0950. The maximum absolute atomic E-state index is 12.3. The molecule has 3 aromatic rings. The van der Waals surface area contributed by atoms with Crippen molar-refractivity contribution in [3.8, 4) is 5.75 Å². The number of anilines is 2. The summed E-state index contributed by atoms with van der Waals surface area (Å²) in [6, 6.07) is 19.3. The first-order valence-corrected chi connectivity index (χ1v) is 9.34. The Morgan fingerprint density at radius 3 is 2.46 bits per heavy atom. The molecule has 0 unspecified atom stereocenters. The molecule has 0 aliphatic heterocycles. The molecule has 5 nitrogen and oxygen atoms in total. The van der Waals surface area contributed by atoms with Crippen molar-refractivity contribution in [2.24, 2.45) is 0 Å². The van der Waals surface area contributed by atoms with Gasteiger partial charge in [0.05, 0.1) is 17.4 Å². The van der Waals surface area contributed by atoms with Crippen LogP contribution in [0.4, 0.5) is 11.5 Å². The Hall–Kier alpha value is -3.34. The third-order valence-electron chi connectivity index (χ3n) is 4.11. The Bertz CT molecular complexity index is 919. The normalized spacial score (nSPS) is 10.6. The van der Waals surface area contributed by atoms with Crippen molar-refractivity contribution >= 4 is 17.4 Å². The fourth-order valence-corrected chi connectivity index (χ4v) is 2.66. The van der Waals surface area contributed by atoms with Crippen LogP contribution in [0.3, 0.4) is 0 Å². The van der Waals surface area contributed by atoms with Crippen molar-refractivity contribution in [2.75, 3.05) is 5.32 Å². The van der Waals surface area contributed by atoms with Crippen LogP contribution in [0.25, 0.3) is 0 Å². The van der Waals surface area contributed by atoms with Crippen molar-refractivity contribution in [1.82, 2.24) is 10.3 Å². The van der Waals surface area contributed by atoms with E-state index in [9.17, 15) is 4.79 Å². The van der Waals surface area contributed by atoms with Crippen molar-refractivity contribution in [1.29, 1.82) is 0 Å². The summed E-state index contributed by atoms with van der Waals surface area (Å²) in [4.78, 5) is 16.7. The van der Waals surface area contributed by atoms with E-state index in [0.717, 1.165) is 17.0 Å². The third-order valence-corrected chi connectivity index (χ3v) is 4.11. The quantitative estimate of drug-likeness (QED) is 0.620. The molecule has 0 aliphatic rings. The summed E-state index contributed by atoms with van der Waals surface area (Å²) in [6.07, 6.45) is 1.65. The van der Waals surface area contributed by atoms with Gasteiger partial charge < -0.3 is 15.4 Å². The molecule has 0 bridgehead atoms. The fourth-order valence-electron chi connectivity index (χ4n) is 2.66. The molecule has 1 heterocycles. The van der Waals surface area contributed by atoms with Gasteiger partial charge in [-0.3, -0.25) is 4.79 Å². The summed E-state index contributed by atoms with van der Waals surface area (Å²) >= 11 is 0. The number of carbonyl (C=O) groups excluding carboxylic acids is 1. The van der Waals surface area contributed by atoms with Crippen LogP contribution in [0.5, 0.6) is 5.75 Å². The SMILES string of the molecule is Cc1ccc(CNC(=O)c2ccc(Nc3ccccc3OC(C)C)nc2)cc1. The van der Waals surface area contributed by atoms with E-state index in [-0.39, 0.29) is 12.0 Å². The topological polar surface area (TPSA) is 63.2 Å². The van der Waals surface area contributed by atoms with Gasteiger partial charge in [0.25, 0.3) is 5.91 Å². The van der Waals surface area contributed by atoms with E-state index in [1.807, 2.05) is 69.3 Å². The summed E-state index contributed by atoms with van der Waals surface area (Å²) in [7, 11) is 0. The van der Waals surface area contributed by atoms with Gasteiger partial charge in [-0.05, 0) is 50.6 Å². The second-order valence-corrected chi connectivity index (χ2v) is 6.89. The van der Waals surface area contributed by atoms with Crippen LogP contribution in [0, 0.1) is 6.92 Å². The largest absolute Gasteiger partial charge is 0.489 e. The lowest BCUT2D eigenvalue weighted by Gasteiger charge is -2.15. The molecule has 2 N–H and O–H groups in total. The van der Waals surface area contributed by atoms with Crippen molar-refractivity contribution < 1.29 is 9.53 Å². The Morgan fingerprint density at radius 2 is 1.79 bits per heavy atom. The number of carbonyl (C=O) groups is 1. The zero-order chi connectivity index (χ0) is 19.9. The number of pyridine rings is 1. The molecule has 0 saturated carbocycles. The Kier molecular flexibility index (Phi) is 6.27. The minimum Gasteiger partial charge on any atom is -0.489 e. The summed E-state index contributed by atoms with van der Waals surface area (Å²) < 4.78 is 5.81. The molecule has 0 aliphatic carbocycles. The van der Waals surface area contributed by atoms with Gasteiger partial charge in [-0.15, -0.1) is 0 Å². The molecular weight excluding hydrogens is 350 g/mol. The number of rotatable bonds is 7. The van der Waals surface area contributed by atoms with Gasteiger partial charge in [0.1, 0.15) is 11.6 Å². The lowest BCUT2D eigenvalue weighted by atomic mass is 10.1. The zero-order valence-electron chi connectivity index (χ0n) is 16.4. The first-order chi connectivity index (χ1) is 13.5. The number of nitrogens with zero attached hydrogens (tertiary/aromatic N) is 1. The van der Waals surface area contributed by atoms with Gasteiger partial charge in [-0.1, -0.05) is 42.0 Å². The first kappa shape index (κ1) is 19.4. The molecule has 0 fully saturated rings. The van der Waals surface area contributed by atoms with E-state index in [0.29, 0.717) is 17.9 Å². The highest BCUT2D eigenvalue weighted by atomic mass is 16.5. The fraction of sp³-hybridized carbons (Fsp3) is 0.217. The van der Waals surface area contributed by atoms with Gasteiger partial charge in [0, 0.05) is 12.7 Å². The Balaban J connectivity index is 1.62. The van der Waals surface area contributed by atoms with Gasteiger partial charge in [0.2, 0.25) is 0 Å². The molecule has 0 saturated heterocycles. The molecule has 3 rings (SSSR count). The maximum atomic E-state index is 12.3. The van der Waals surface area contributed by atoms with E-state index in [1.54, 1.807) is 18.3 Å². The van der Waals surface area contributed by atoms with Crippen LogP contribution in [-0.4, -0.2) is 17.0 Å². The molecular formula is C23H25N3O2. The number of aromatic nitrogens is 1. The molecule has 1 amide bonds. The van der Waals surface area contributed by atoms with E-state index >= 15 is 0 Å². The van der Waals surface area contributed by atoms with Crippen LogP contribution in [0.2, 0.25) is 0 Å². The minimum atomic E-state index is -0.150. The standard InChI is InChI=1S/C23H25N3O2/c1-16(2)28-21-7-5-4-6-20(21)26-22-13-12-19(15-24-22)23(27)25-14-18-10-8-17(3)9-11-18/h4-13,15-16H,14H2,1-3H3,(H,24,26)(H,25,27). The van der Waals surface area contributed by atoms with Crippen molar-refractivity contribution in [3.05, 3.63) is 83.6 Å². The number of nitrogens with one attached hydrogen (secondary N) is 2. The van der Waals surface area contributed by atoms with Crippen molar-refractivity contribution in [3.63, 3.8) is 0 Å². The Morgan fingerprint density at radius 1 is 1.04 bits per heavy atom. The highest BCUT2D eigenvalue weighted by Crippen LogP contribution is 2.27. The van der Waals surface area contributed by atoms with Crippen LogP contribution >= 0.6 is 0 Å². The summed E-state index contributed by atoms with van der Waals surface area (Å²) in [5, 5.41) is 6.15. The number of hydrogen-bond acceptors (Lipinski definition) is 4. The third kappa shape index (κ3) is 5.33. The summed E-state index contributed by atoms with van der Waals surface area (Å²) in [5.74, 6) is 1.26. The average Bonchev–Trinajstić information content (AvgIpc) is 2.69. The van der Waals surface area contributed by atoms with E-state index in [4.69, 9.17) is 4.74 Å². The average molecular weight is 375 g/mol. The Labute approximate surface area is 165 Å². The molecule has 144 valence electrons. The maximum Gasteiger partial charge on any atom is 0.253 e. The molecule has 1 aromatic heterocycles. The van der Waals surface area contributed by atoms with Crippen molar-refractivity contribution in [2.45, 2.75) is 33.4 Å². The van der Waals surface area contributed by atoms with Crippen LogP contribution in [-0.2, 0) is 6.54 Å². The number of ether oxygens (including phenoxy) is 1. The number of para-hydroxylation sites is 2. The minimum absolute atomic E-state index is 0.0792. The van der Waals surface area contributed by atoms with Crippen LogP contribution in [0.15, 0.2) is 66.9 Å². The second kappa shape index (κ2) is 9.04. The number of amides is 1. The highest BCUT2D eigenvalue weighted by molar-refractivity contribution is 5.94. The number of aryl methyl sites for hydroxylation is 1. The van der Waals surface area contributed by atoms with E-state index in [2.05, 4.69) is 15.6 Å². The van der Waals surface area contributed by atoms with E-state index < -0.39 is 0 Å². The smallest absolute Gasteiger partial charge is 0.253 e. The predicted octanol–water partition coefficient (Wildman–Crippen LogP) is 4.85. The molecule has 28 heavy (non-hydrogen) atoms. The summed E-state index contributed by atoms with van der Waals surface area (Å²) in [5.41, 5.74) is 3.61. The van der Waals surface area contributed by atoms with Gasteiger partial charge in [-0.2, -0.15) is 0 Å². The molecule has 0 atom stereocenters. The van der Waals surface area contributed by atoms with E-state index in [1.165, 1.54) is 5.56 Å². The zero-order valence-corrected chi connectivity index (χ0v) is 16.4. The molecule has 2 aromatic carbocycles. The molecule has 0 radical (unpaired) electrons. The molecule has 5 heteroatoms. The summed E-state index contributed by atoms with van der Waals surface area (Å²) in [6.45, 7) is 6.49. The van der Waals surface area contributed by atoms with Gasteiger partial charge in [0.15, 0.2) is 0 Å². The van der Waals surface area contributed by atoms with Gasteiger partial charge >= 0.3 is 0 Å². The highest BCUT2D eigenvalue weighted by Gasteiger charge is 2.08. The predicted molar refractivity (Wildman–Crippen MR) is 112 cm³/mol. The number of hydrogen-bond donors (Lipinski definition) is 2.